The minimum absolute atomic E-state index is 0.0658. The van der Waals surface area contributed by atoms with E-state index in [0.29, 0.717) is 21.8 Å². The molecule has 1 aliphatic rings. The molecular weight excluding hydrogens is 418 g/mol. The second-order valence-electron chi connectivity index (χ2n) is 6.94. The molecule has 0 bridgehead atoms. The number of para-hydroxylation sites is 1. The number of carbonyl (C=O) groups excluding carboxylic acids is 2. The fourth-order valence-corrected chi connectivity index (χ4v) is 3.76. The Morgan fingerprint density at radius 2 is 1.68 bits per heavy atom. The standard InChI is InChI=1S/C24H18ClNO5/c1-31-19-13-15(9-12-18(19)27)21-20(22(28)14-7-10-16(25)11-8-14)23(29)24(30)26(21)17-5-3-2-4-6-17/h2-13,21,27-28H,1H3. The molecule has 1 unspecified atom stereocenters. The number of carbonyl (C=O) groups is 2. The van der Waals surface area contributed by atoms with Gasteiger partial charge >= 0.3 is 0 Å². The molecule has 1 heterocycles. The normalized spacial score (nSPS) is 17.7. The first-order valence-electron chi connectivity index (χ1n) is 9.41. The maximum atomic E-state index is 13.1. The van der Waals surface area contributed by atoms with Crippen molar-refractivity contribution in [1.29, 1.82) is 0 Å². The zero-order chi connectivity index (χ0) is 22.1. The summed E-state index contributed by atoms with van der Waals surface area (Å²) in [5.41, 5.74) is 1.28. The van der Waals surface area contributed by atoms with E-state index in [2.05, 4.69) is 0 Å². The summed E-state index contributed by atoms with van der Waals surface area (Å²) >= 11 is 5.94. The number of rotatable bonds is 4. The van der Waals surface area contributed by atoms with Gasteiger partial charge in [0.25, 0.3) is 11.7 Å². The van der Waals surface area contributed by atoms with E-state index < -0.39 is 17.7 Å². The van der Waals surface area contributed by atoms with Crippen molar-refractivity contribution in [3.8, 4) is 11.5 Å². The Morgan fingerprint density at radius 3 is 2.32 bits per heavy atom. The average molecular weight is 436 g/mol. The summed E-state index contributed by atoms with van der Waals surface area (Å²) < 4.78 is 5.20. The van der Waals surface area contributed by atoms with Crippen LogP contribution < -0.4 is 9.64 Å². The van der Waals surface area contributed by atoms with E-state index in [0.717, 1.165) is 0 Å². The summed E-state index contributed by atoms with van der Waals surface area (Å²) in [6.45, 7) is 0. The number of phenolic OH excluding ortho intramolecular Hbond substituents is 1. The zero-order valence-electron chi connectivity index (χ0n) is 16.4. The molecule has 4 rings (SSSR count). The third-order valence-corrected chi connectivity index (χ3v) is 5.37. The molecule has 0 aromatic heterocycles. The number of Topliss-reactive ketones (excluding diaryl/α,β-unsaturated/α-hetero) is 1. The van der Waals surface area contributed by atoms with Crippen molar-refractivity contribution >= 4 is 34.7 Å². The topological polar surface area (TPSA) is 87.1 Å². The van der Waals surface area contributed by atoms with Gasteiger partial charge in [0.05, 0.1) is 18.7 Å². The Hall–Kier alpha value is -3.77. The lowest BCUT2D eigenvalue weighted by atomic mass is 9.95. The number of anilines is 1. The van der Waals surface area contributed by atoms with Crippen LogP contribution in [0.15, 0.2) is 78.4 Å². The number of methoxy groups -OCH3 is 1. The maximum absolute atomic E-state index is 13.1. The number of aliphatic hydroxyl groups excluding tert-OH is 1. The first kappa shape index (κ1) is 20.5. The molecule has 1 amide bonds. The summed E-state index contributed by atoms with van der Waals surface area (Å²) in [6, 6.07) is 18.6. The number of nitrogens with zero attached hydrogens (tertiary/aromatic N) is 1. The molecule has 0 saturated carbocycles. The van der Waals surface area contributed by atoms with Gasteiger partial charge in [0.15, 0.2) is 11.5 Å². The van der Waals surface area contributed by atoms with Gasteiger partial charge in [0, 0.05) is 16.3 Å². The quantitative estimate of drug-likeness (QED) is 0.353. The van der Waals surface area contributed by atoms with Gasteiger partial charge < -0.3 is 14.9 Å². The van der Waals surface area contributed by atoms with E-state index in [1.807, 2.05) is 0 Å². The van der Waals surface area contributed by atoms with Gasteiger partial charge in [-0.2, -0.15) is 0 Å². The first-order valence-corrected chi connectivity index (χ1v) is 9.79. The third kappa shape index (κ3) is 3.62. The molecule has 3 aromatic rings. The van der Waals surface area contributed by atoms with E-state index in [4.69, 9.17) is 16.3 Å². The number of benzene rings is 3. The summed E-state index contributed by atoms with van der Waals surface area (Å²) in [7, 11) is 1.40. The predicted octanol–water partition coefficient (Wildman–Crippen LogP) is 4.68. The van der Waals surface area contributed by atoms with Gasteiger partial charge in [0.1, 0.15) is 5.76 Å². The molecule has 0 spiro atoms. The molecule has 1 aliphatic heterocycles. The van der Waals surface area contributed by atoms with E-state index in [-0.39, 0.29) is 22.8 Å². The first-order chi connectivity index (χ1) is 14.9. The van der Waals surface area contributed by atoms with Crippen LogP contribution in [0.5, 0.6) is 11.5 Å². The Kier molecular flexibility index (Phi) is 5.40. The van der Waals surface area contributed by atoms with Crippen LogP contribution in [0.2, 0.25) is 5.02 Å². The van der Waals surface area contributed by atoms with Crippen molar-refractivity contribution in [2.24, 2.45) is 0 Å². The lowest BCUT2D eigenvalue weighted by Gasteiger charge is -2.25. The van der Waals surface area contributed by atoms with E-state index in [1.54, 1.807) is 60.7 Å². The fraction of sp³-hybridized carbons (Fsp3) is 0.0833. The number of halogens is 1. The van der Waals surface area contributed by atoms with Crippen LogP contribution in [-0.4, -0.2) is 29.0 Å². The van der Waals surface area contributed by atoms with Crippen LogP contribution in [0, 0.1) is 0 Å². The average Bonchev–Trinajstić information content (AvgIpc) is 3.05. The van der Waals surface area contributed by atoms with E-state index in [9.17, 15) is 19.8 Å². The van der Waals surface area contributed by atoms with Crippen molar-refractivity contribution < 1.29 is 24.5 Å². The molecule has 1 saturated heterocycles. The minimum Gasteiger partial charge on any atom is -0.507 e. The number of phenols is 1. The fourth-order valence-electron chi connectivity index (χ4n) is 3.63. The molecular formula is C24H18ClNO5. The van der Waals surface area contributed by atoms with Crippen molar-refractivity contribution in [3.63, 3.8) is 0 Å². The molecule has 7 heteroatoms. The van der Waals surface area contributed by atoms with Crippen molar-refractivity contribution in [2.75, 3.05) is 12.0 Å². The van der Waals surface area contributed by atoms with Gasteiger partial charge in [-0.25, -0.2) is 0 Å². The predicted molar refractivity (Wildman–Crippen MR) is 117 cm³/mol. The lowest BCUT2D eigenvalue weighted by molar-refractivity contribution is -0.132. The Balaban J connectivity index is 1.96. The summed E-state index contributed by atoms with van der Waals surface area (Å²) in [5.74, 6) is -1.79. The van der Waals surface area contributed by atoms with Gasteiger partial charge in [0.2, 0.25) is 0 Å². The minimum atomic E-state index is -0.924. The SMILES string of the molecule is COc1cc(C2C(=C(O)c3ccc(Cl)cc3)C(=O)C(=O)N2c2ccccc2)ccc1O. The molecule has 1 fully saturated rings. The number of aliphatic hydroxyl groups is 1. The highest BCUT2D eigenvalue weighted by atomic mass is 35.5. The summed E-state index contributed by atoms with van der Waals surface area (Å²) in [5, 5.41) is 21.5. The molecule has 3 aromatic carbocycles. The van der Waals surface area contributed by atoms with Crippen molar-refractivity contribution in [1.82, 2.24) is 0 Å². The number of ether oxygens (including phenoxy) is 1. The largest absolute Gasteiger partial charge is 0.507 e. The molecule has 156 valence electrons. The number of hydrogen-bond donors (Lipinski definition) is 2. The monoisotopic (exact) mass is 435 g/mol. The zero-order valence-corrected chi connectivity index (χ0v) is 17.2. The van der Waals surface area contributed by atoms with E-state index in [1.165, 1.54) is 24.1 Å². The highest BCUT2D eigenvalue weighted by Crippen LogP contribution is 2.43. The molecule has 0 radical (unpaired) electrons. The summed E-state index contributed by atoms with van der Waals surface area (Å²) in [6.07, 6.45) is 0. The summed E-state index contributed by atoms with van der Waals surface area (Å²) in [4.78, 5) is 27.4. The number of hydrogen-bond acceptors (Lipinski definition) is 5. The molecule has 1 atom stereocenters. The van der Waals surface area contributed by atoms with Crippen molar-refractivity contribution in [3.05, 3.63) is 94.5 Å². The Labute approximate surface area is 183 Å². The smallest absolute Gasteiger partial charge is 0.300 e. The van der Waals surface area contributed by atoms with Crippen LogP contribution >= 0.6 is 11.6 Å². The lowest BCUT2D eigenvalue weighted by Crippen LogP contribution is -2.29. The van der Waals surface area contributed by atoms with E-state index >= 15 is 0 Å². The van der Waals surface area contributed by atoms with Crippen LogP contribution in [0.1, 0.15) is 17.2 Å². The van der Waals surface area contributed by atoms with Crippen LogP contribution in [0.4, 0.5) is 5.69 Å². The molecule has 31 heavy (non-hydrogen) atoms. The second-order valence-corrected chi connectivity index (χ2v) is 7.38. The van der Waals surface area contributed by atoms with Crippen LogP contribution in [0.25, 0.3) is 5.76 Å². The third-order valence-electron chi connectivity index (χ3n) is 5.12. The Bertz CT molecular complexity index is 1190. The second kappa shape index (κ2) is 8.16. The highest BCUT2D eigenvalue weighted by Gasteiger charge is 2.47. The maximum Gasteiger partial charge on any atom is 0.300 e. The highest BCUT2D eigenvalue weighted by molar-refractivity contribution is 6.51. The van der Waals surface area contributed by atoms with Gasteiger partial charge in [-0.1, -0.05) is 35.9 Å². The molecule has 2 N–H and O–H groups in total. The van der Waals surface area contributed by atoms with Gasteiger partial charge in [-0.15, -0.1) is 0 Å². The Morgan fingerprint density at radius 1 is 1.00 bits per heavy atom. The molecule has 6 nitrogen and oxygen atoms in total. The van der Waals surface area contributed by atoms with Gasteiger partial charge in [-0.3, -0.25) is 14.5 Å². The number of ketones is 1. The van der Waals surface area contributed by atoms with Crippen molar-refractivity contribution in [2.45, 2.75) is 6.04 Å². The van der Waals surface area contributed by atoms with Crippen LogP contribution in [-0.2, 0) is 9.59 Å². The molecule has 0 aliphatic carbocycles. The van der Waals surface area contributed by atoms with Gasteiger partial charge in [-0.05, 0) is 54.1 Å². The van der Waals surface area contributed by atoms with Crippen LogP contribution in [0.3, 0.4) is 0 Å². The number of aromatic hydroxyl groups is 1. The number of amides is 1.